The first-order chi connectivity index (χ1) is 7.72. The van der Waals surface area contributed by atoms with Gasteiger partial charge in [-0.3, -0.25) is 0 Å². The van der Waals surface area contributed by atoms with Crippen molar-refractivity contribution in [3.8, 4) is 0 Å². The number of hydrogen-bond acceptors (Lipinski definition) is 6. The lowest BCUT2D eigenvalue weighted by Gasteiger charge is -2.31. The van der Waals surface area contributed by atoms with Gasteiger partial charge in [-0.05, 0) is 28.8 Å². The molecule has 1 aliphatic rings. The number of nitrogens with one attached hydrogen (secondary N) is 1. The fraction of sp³-hybridized carbons (Fsp3) is 0.556. The lowest BCUT2D eigenvalue weighted by atomic mass is 10.1. The fourth-order valence-corrected chi connectivity index (χ4v) is 2.40. The van der Waals surface area contributed by atoms with Gasteiger partial charge in [-0.25, -0.2) is 15.8 Å². The number of halogens is 1. The Morgan fingerprint density at radius 2 is 2.38 bits per heavy atom. The molecule has 88 valence electrons. The molecule has 0 spiro atoms. The summed E-state index contributed by atoms with van der Waals surface area (Å²) in [7, 11) is 0. The van der Waals surface area contributed by atoms with Crippen LogP contribution in [-0.4, -0.2) is 34.3 Å². The van der Waals surface area contributed by atoms with Gasteiger partial charge in [0.05, 0.1) is 6.10 Å². The SMILES string of the molecule is NNc1ncnc(N2CCCC(O)C2)c1Br. The molecule has 1 fully saturated rings. The maximum Gasteiger partial charge on any atom is 0.159 e. The molecule has 2 heterocycles. The van der Waals surface area contributed by atoms with Crippen LogP contribution < -0.4 is 16.2 Å². The number of β-amino-alcohol motifs (C(OH)–C–C–N with tert-alkyl or cyclic N) is 1. The smallest absolute Gasteiger partial charge is 0.159 e. The van der Waals surface area contributed by atoms with Crippen molar-refractivity contribution in [2.45, 2.75) is 18.9 Å². The van der Waals surface area contributed by atoms with Gasteiger partial charge in [-0.15, -0.1) is 0 Å². The number of rotatable bonds is 2. The van der Waals surface area contributed by atoms with Crippen LogP contribution in [0, 0.1) is 0 Å². The van der Waals surface area contributed by atoms with Gasteiger partial charge >= 0.3 is 0 Å². The predicted molar refractivity (Wildman–Crippen MR) is 65.0 cm³/mol. The first kappa shape index (κ1) is 11.6. The monoisotopic (exact) mass is 287 g/mol. The van der Waals surface area contributed by atoms with Crippen LogP contribution in [0.15, 0.2) is 10.8 Å². The van der Waals surface area contributed by atoms with Gasteiger partial charge in [0.15, 0.2) is 5.82 Å². The molecule has 16 heavy (non-hydrogen) atoms. The van der Waals surface area contributed by atoms with Crippen LogP contribution in [-0.2, 0) is 0 Å². The van der Waals surface area contributed by atoms with E-state index in [1.165, 1.54) is 6.33 Å². The van der Waals surface area contributed by atoms with Crippen LogP contribution in [0.5, 0.6) is 0 Å². The Balaban J connectivity index is 2.25. The zero-order chi connectivity index (χ0) is 11.5. The molecule has 1 aromatic rings. The lowest BCUT2D eigenvalue weighted by molar-refractivity contribution is 0.154. The van der Waals surface area contributed by atoms with Crippen molar-refractivity contribution in [1.29, 1.82) is 0 Å². The van der Waals surface area contributed by atoms with E-state index < -0.39 is 0 Å². The van der Waals surface area contributed by atoms with Crippen molar-refractivity contribution in [1.82, 2.24) is 9.97 Å². The first-order valence-electron chi connectivity index (χ1n) is 5.12. The van der Waals surface area contributed by atoms with E-state index in [-0.39, 0.29) is 6.10 Å². The topological polar surface area (TPSA) is 87.3 Å². The summed E-state index contributed by atoms with van der Waals surface area (Å²) in [6, 6.07) is 0. The molecule has 0 aliphatic carbocycles. The molecule has 0 amide bonds. The van der Waals surface area contributed by atoms with Crippen molar-refractivity contribution in [2.24, 2.45) is 5.84 Å². The Labute approximate surface area is 102 Å². The third-order valence-corrected chi connectivity index (χ3v) is 3.33. The van der Waals surface area contributed by atoms with E-state index in [2.05, 4.69) is 31.3 Å². The number of nitrogens with zero attached hydrogens (tertiary/aromatic N) is 3. The highest BCUT2D eigenvalue weighted by molar-refractivity contribution is 9.10. The lowest BCUT2D eigenvalue weighted by Crippen LogP contribution is -2.39. The molecular weight excluding hydrogens is 274 g/mol. The summed E-state index contributed by atoms with van der Waals surface area (Å²) in [5.41, 5.74) is 2.50. The molecule has 2 rings (SSSR count). The fourth-order valence-electron chi connectivity index (χ4n) is 1.83. The van der Waals surface area contributed by atoms with Gasteiger partial charge in [-0.1, -0.05) is 0 Å². The van der Waals surface area contributed by atoms with E-state index in [1.807, 2.05) is 4.90 Å². The molecule has 0 radical (unpaired) electrons. The Bertz CT molecular complexity index is 375. The van der Waals surface area contributed by atoms with Gasteiger partial charge < -0.3 is 15.4 Å². The summed E-state index contributed by atoms with van der Waals surface area (Å²) in [6.45, 7) is 1.48. The van der Waals surface area contributed by atoms with Crippen LogP contribution in [0.2, 0.25) is 0 Å². The van der Waals surface area contributed by atoms with E-state index in [1.54, 1.807) is 0 Å². The van der Waals surface area contributed by atoms with Crippen LogP contribution in [0.4, 0.5) is 11.6 Å². The highest BCUT2D eigenvalue weighted by Crippen LogP contribution is 2.30. The highest BCUT2D eigenvalue weighted by Gasteiger charge is 2.21. The average Bonchev–Trinajstić information content (AvgIpc) is 2.29. The molecule has 6 nitrogen and oxygen atoms in total. The Hall–Kier alpha value is -0.920. The van der Waals surface area contributed by atoms with Gasteiger partial charge in [-0.2, -0.15) is 0 Å². The van der Waals surface area contributed by atoms with Gasteiger partial charge in [0.1, 0.15) is 16.6 Å². The second-order valence-electron chi connectivity index (χ2n) is 3.75. The van der Waals surface area contributed by atoms with Crippen molar-refractivity contribution in [3.63, 3.8) is 0 Å². The number of aliphatic hydroxyl groups is 1. The predicted octanol–water partition coefficient (Wildman–Crippen LogP) is 0.486. The van der Waals surface area contributed by atoms with E-state index >= 15 is 0 Å². The van der Waals surface area contributed by atoms with E-state index in [9.17, 15) is 5.11 Å². The number of piperidine rings is 1. The van der Waals surface area contributed by atoms with E-state index in [4.69, 9.17) is 5.84 Å². The summed E-state index contributed by atoms with van der Waals surface area (Å²) in [5, 5.41) is 9.62. The molecule has 1 saturated heterocycles. The number of aromatic nitrogens is 2. The molecule has 0 aromatic carbocycles. The van der Waals surface area contributed by atoms with Crippen molar-refractivity contribution < 1.29 is 5.11 Å². The van der Waals surface area contributed by atoms with Gasteiger partial charge in [0.25, 0.3) is 0 Å². The summed E-state index contributed by atoms with van der Waals surface area (Å²) < 4.78 is 0.728. The number of hydrazine groups is 1. The summed E-state index contributed by atoms with van der Waals surface area (Å²) in [6.07, 6.45) is 2.98. The third-order valence-electron chi connectivity index (χ3n) is 2.60. The molecule has 1 aliphatic heterocycles. The number of nitrogens with two attached hydrogens (primary N) is 1. The molecule has 1 unspecified atom stereocenters. The van der Waals surface area contributed by atoms with Crippen LogP contribution in [0.3, 0.4) is 0 Å². The number of nitrogen functional groups attached to an aromatic ring is 1. The highest BCUT2D eigenvalue weighted by atomic mass is 79.9. The number of aliphatic hydroxyl groups excluding tert-OH is 1. The zero-order valence-electron chi connectivity index (χ0n) is 8.73. The average molecular weight is 288 g/mol. The first-order valence-corrected chi connectivity index (χ1v) is 5.92. The van der Waals surface area contributed by atoms with Crippen molar-refractivity contribution >= 4 is 27.6 Å². The molecule has 4 N–H and O–H groups in total. The maximum absolute atomic E-state index is 9.62. The third kappa shape index (κ3) is 2.26. The van der Waals surface area contributed by atoms with Crippen molar-refractivity contribution in [3.05, 3.63) is 10.8 Å². The summed E-state index contributed by atoms with van der Waals surface area (Å²) in [4.78, 5) is 10.2. The zero-order valence-corrected chi connectivity index (χ0v) is 10.3. The van der Waals surface area contributed by atoms with Crippen LogP contribution in [0.1, 0.15) is 12.8 Å². The standard InChI is InChI=1S/C9H14BrN5O/c10-7-8(14-11)12-5-13-9(7)15-3-1-2-6(16)4-15/h5-6,16H,1-4,11H2,(H,12,13,14). The quantitative estimate of drug-likeness (QED) is 0.542. The Morgan fingerprint density at radius 3 is 3.06 bits per heavy atom. The van der Waals surface area contributed by atoms with Crippen molar-refractivity contribution in [2.75, 3.05) is 23.4 Å². The van der Waals surface area contributed by atoms with Crippen LogP contribution >= 0.6 is 15.9 Å². The Morgan fingerprint density at radius 1 is 1.56 bits per heavy atom. The molecule has 0 bridgehead atoms. The minimum absolute atomic E-state index is 0.287. The van der Waals surface area contributed by atoms with Gasteiger partial charge in [0, 0.05) is 13.1 Å². The normalized spacial score (nSPS) is 20.9. The second kappa shape index (κ2) is 4.94. The summed E-state index contributed by atoms with van der Waals surface area (Å²) >= 11 is 3.41. The molecular formula is C9H14BrN5O. The second-order valence-corrected chi connectivity index (χ2v) is 4.54. The van der Waals surface area contributed by atoms with E-state index in [0.29, 0.717) is 12.4 Å². The largest absolute Gasteiger partial charge is 0.391 e. The molecule has 1 atom stereocenters. The van der Waals surface area contributed by atoms with Gasteiger partial charge in [0.2, 0.25) is 0 Å². The molecule has 0 saturated carbocycles. The number of hydrogen-bond donors (Lipinski definition) is 3. The summed E-state index contributed by atoms with van der Waals surface area (Å²) in [5.74, 6) is 6.65. The number of anilines is 2. The minimum atomic E-state index is -0.287. The minimum Gasteiger partial charge on any atom is -0.391 e. The molecule has 1 aromatic heterocycles. The van der Waals surface area contributed by atoms with Crippen LogP contribution in [0.25, 0.3) is 0 Å². The maximum atomic E-state index is 9.62. The molecule has 7 heteroatoms. The Kier molecular flexibility index (Phi) is 3.57. The van der Waals surface area contributed by atoms with E-state index in [0.717, 1.165) is 29.7 Å².